The molecule has 0 saturated carbocycles. The molecule has 6 nitrogen and oxygen atoms in total. The van der Waals surface area contributed by atoms with Gasteiger partial charge < -0.3 is 15.2 Å². The first kappa shape index (κ1) is 13.8. The van der Waals surface area contributed by atoms with Gasteiger partial charge in [0.15, 0.2) is 0 Å². The fourth-order valence-corrected chi connectivity index (χ4v) is 2.30. The zero-order valence-electron chi connectivity index (χ0n) is 11.0. The van der Waals surface area contributed by atoms with Crippen molar-refractivity contribution in [2.75, 3.05) is 18.5 Å². The van der Waals surface area contributed by atoms with E-state index in [4.69, 9.17) is 4.74 Å². The first-order chi connectivity index (χ1) is 8.94. The predicted molar refractivity (Wildman–Crippen MR) is 71.3 cm³/mol. The Kier molecular flexibility index (Phi) is 3.73. The Bertz CT molecular complexity index is 492. The quantitative estimate of drug-likeness (QED) is 0.641. The van der Waals surface area contributed by atoms with E-state index < -0.39 is 10.5 Å². The summed E-state index contributed by atoms with van der Waals surface area (Å²) in [7, 11) is 0. The van der Waals surface area contributed by atoms with Gasteiger partial charge >= 0.3 is 0 Å². The molecule has 19 heavy (non-hydrogen) atoms. The maximum absolute atomic E-state index is 11.1. The molecule has 0 radical (unpaired) electrons. The molecule has 0 aromatic heterocycles. The van der Waals surface area contributed by atoms with E-state index in [0.717, 1.165) is 0 Å². The number of aliphatic hydroxyl groups is 1. The lowest BCUT2D eigenvalue weighted by molar-refractivity contribution is -0.384. The highest BCUT2D eigenvalue weighted by Gasteiger charge is 2.39. The smallest absolute Gasteiger partial charge is 0.295 e. The number of nitro groups is 1. The van der Waals surface area contributed by atoms with Crippen LogP contribution in [0.5, 0.6) is 0 Å². The van der Waals surface area contributed by atoms with E-state index in [0.29, 0.717) is 24.3 Å². The van der Waals surface area contributed by atoms with E-state index in [9.17, 15) is 15.2 Å². The molecule has 1 fully saturated rings. The Hall–Kier alpha value is -1.66. The highest BCUT2D eigenvalue weighted by molar-refractivity contribution is 5.65. The minimum atomic E-state index is -0.975. The van der Waals surface area contributed by atoms with Crippen LogP contribution in [-0.2, 0) is 4.74 Å². The van der Waals surface area contributed by atoms with Crippen LogP contribution in [0.15, 0.2) is 18.2 Å². The molecular formula is C13H18N2O4. The van der Waals surface area contributed by atoms with Crippen LogP contribution in [0.25, 0.3) is 0 Å². The van der Waals surface area contributed by atoms with E-state index in [2.05, 4.69) is 5.32 Å². The van der Waals surface area contributed by atoms with Crippen molar-refractivity contribution in [3.63, 3.8) is 0 Å². The SMILES string of the molecule is Cc1cccc(NCC2(O)CCOC2C)c1[N+](=O)[O-]. The van der Waals surface area contributed by atoms with Crippen molar-refractivity contribution in [3.8, 4) is 0 Å². The molecule has 2 rings (SSSR count). The number of nitro benzene ring substituents is 1. The predicted octanol–water partition coefficient (Wildman–Crippen LogP) is 1.86. The third-order valence-electron chi connectivity index (χ3n) is 3.66. The number of anilines is 1. The molecule has 0 aliphatic carbocycles. The molecule has 2 N–H and O–H groups in total. The van der Waals surface area contributed by atoms with Crippen molar-refractivity contribution in [2.24, 2.45) is 0 Å². The van der Waals surface area contributed by atoms with Crippen LogP contribution in [0.3, 0.4) is 0 Å². The summed E-state index contributed by atoms with van der Waals surface area (Å²) in [6, 6.07) is 5.09. The topological polar surface area (TPSA) is 84.6 Å². The molecule has 1 aliphatic heterocycles. The van der Waals surface area contributed by atoms with Gasteiger partial charge in [-0.3, -0.25) is 10.1 Å². The second kappa shape index (κ2) is 5.14. The van der Waals surface area contributed by atoms with Gasteiger partial charge in [-0.05, 0) is 19.9 Å². The van der Waals surface area contributed by atoms with Gasteiger partial charge in [0.25, 0.3) is 5.69 Å². The van der Waals surface area contributed by atoms with Gasteiger partial charge in [0.2, 0.25) is 0 Å². The van der Waals surface area contributed by atoms with Gasteiger partial charge in [0.1, 0.15) is 11.3 Å². The van der Waals surface area contributed by atoms with Crippen LogP contribution in [-0.4, -0.2) is 34.9 Å². The van der Waals surface area contributed by atoms with Gasteiger partial charge in [-0.25, -0.2) is 0 Å². The molecule has 1 saturated heterocycles. The lowest BCUT2D eigenvalue weighted by Gasteiger charge is -2.26. The van der Waals surface area contributed by atoms with Crippen LogP contribution >= 0.6 is 0 Å². The summed E-state index contributed by atoms with van der Waals surface area (Å²) >= 11 is 0. The first-order valence-electron chi connectivity index (χ1n) is 6.26. The Morgan fingerprint density at radius 2 is 2.37 bits per heavy atom. The van der Waals surface area contributed by atoms with Gasteiger partial charge in [-0.1, -0.05) is 12.1 Å². The van der Waals surface area contributed by atoms with Crippen molar-refractivity contribution in [1.82, 2.24) is 0 Å². The number of aryl methyl sites for hydroxylation is 1. The molecule has 6 heteroatoms. The van der Waals surface area contributed by atoms with E-state index in [1.807, 2.05) is 0 Å². The maximum Gasteiger partial charge on any atom is 0.295 e. The van der Waals surface area contributed by atoms with Crippen molar-refractivity contribution in [1.29, 1.82) is 0 Å². The van der Waals surface area contributed by atoms with Gasteiger partial charge in [0, 0.05) is 25.1 Å². The second-order valence-electron chi connectivity index (χ2n) is 4.95. The fourth-order valence-electron chi connectivity index (χ4n) is 2.30. The average molecular weight is 266 g/mol. The molecular weight excluding hydrogens is 248 g/mol. The minimum absolute atomic E-state index is 0.0534. The summed E-state index contributed by atoms with van der Waals surface area (Å²) in [6.07, 6.45) is 0.254. The molecule has 2 atom stereocenters. The summed E-state index contributed by atoms with van der Waals surface area (Å²) < 4.78 is 5.33. The van der Waals surface area contributed by atoms with Gasteiger partial charge in [-0.15, -0.1) is 0 Å². The van der Waals surface area contributed by atoms with Crippen LogP contribution < -0.4 is 5.32 Å². The van der Waals surface area contributed by atoms with E-state index >= 15 is 0 Å². The minimum Gasteiger partial charge on any atom is -0.385 e. The first-order valence-corrected chi connectivity index (χ1v) is 6.26. The van der Waals surface area contributed by atoms with Crippen molar-refractivity contribution >= 4 is 11.4 Å². The third kappa shape index (κ3) is 2.69. The number of rotatable bonds is 4. The van der Waals surface area contributed by atoms with Crippen LogP contribution in [0, 0.1) is 17.0 Å². The van der Waals surface area contributed by atoms with Crippen LogP contribution in [0.1, 0.15) is 18.9 Å². The molecule has 104 valence electrons. The zero-order valence-corrected chi connectivity index (χ0v) is 11.0. The van der Waals surface area contributed by atoms with E-state index in [1.165, 1.54) is 0 Å². The fraction of sp³-hybridized carbons (Fsp3) is 0.538. The number of nitrogens with zero attached hydrogens (tertiary/aromatic N) is 1. The molecule has 1 aromatic rings. The lowest BCUT2D eigenvalue weighted by Crippen LogP contribution is -2.43. The summed E-state index contributed by atoms with van der Waals surface area (Å²) in [6.45, 7) is 4.24. The standard InChI is InChI=1S/C13H18N2O4/c1-9-4-3-5-11(12(9)15(17)18)14-8-13(16)6-7-19-10(13)2/h3-5,10,14,16H,6-8H2,1-2H3. The Labute approximate surface area is 111 Å². The molecule has 1 heterocycles. The molecule has 2 unspecified atom stereocenters. The van der Waals surface area contributed by atoms with Crippen LogP contribution in [0.2, 0.25) is 0 Å². The summed E-state index contributed by atoms with van der Waals surface area (Å²) in [5.41, 5.74) is 0.102. The molecule has 1 aliphatic rings. The normalized spacial score (nSPS) is 26.4. The monoisotopic (exact) mass is 266 g/mol. The Morgan fingerprint density at radius 1 is 1.63 bits per heavy atom. The van der Waals surface area contributed by atoms with Crippen LogP contribution in [0.4, 0.5) is 11.4 Å². The lowest BCUT2D eigenvalue weighted by atomic mass is 9.96. The number of nitrogens with one attached hydrogen (secondary N) is 1. The Morgan fingerprint density at radius 3 is 2.95 bits per heavy atom. The highest BCUT2D eigenvalue weighted by Crippen LogP contribution is 2.30. The molecule has 0 bridgehead atoms. The number of hydrogen-bond donors (Lipinski definition) is 2. The molecule has 1 aromatic carbocycles. The number of para-hydroxylation sites is 1. The zero-order chi connectivity index (χ0) is 14.0. The van der Waals surface area contributed by atoms with E-state index in [1.54, 1.807) is 32.0 Å². The van der Waals surface area contributed by atoms with Gasteiger partial charge in [-0.2, -0.15) is 0 Å². The van der Waals surface area contributed by atoms with Crippen molar-refractivity contribution in [2.45, 2.75) is 32.0 Å². The number of benzene rings is 1. The number of hydrogen-bond acceptors (Lipinski definition) is 5. The highest BCUT2D eigenvalue weighted by atomic mass is 16.6. The Balaban J connectivity index is 2.16. The molecule has 0 amide bonds. The summed E-state index contributed by atoms with van der Waals surface area (Å²) in [4.78, 5) is 10.7. The average Bonchev–Trinajstić information content (AvgIpc) is 2.67. The largest absolute Gasteiger partial charge is 0.385 e. The molecule has 0 spiro atoms. The van der Waals surface area contributed by atoms with E-state index in [-0.39, 0.29) is 18.3 Å². The maximum atomic E-state index is 11.1. The third-order valence-corrected chi connectivity index (χ3v) is 3.66. The summed E-state index contributed by atoms with van der Waals surface area (Å²) in [5, 5.41) is 24.4. The summed E-state index contributed by atoms with van der Waals surface area (Å²) in [5.74, 6) is 0. The number of ether oxygens (including phenoxy) is 1. The van der Waals surface area contributed by atoms with Gasteiger partial charge in [0.05, 0.1) is 11.0 Å². The van der Waals surface area contributed by atoms with Crippen molar-refractivity contribution in [3.05, 3.63) is 33.9 Å². The second-order valence-corrected chi connectivity index (χ2v) is 4.95. The van der Waals surface area contributed by atoms with Crippen molar-refractivity contribution < 1.29 is 14.8 Å².